The van der Waals surface area contributed by atoms with Crippen LogP contribution in [0.1, 0.15) is 0 Å². The molecule has 0 fully saturated rings. The Hall–Kier alpha value is -6.85. The lowest BCUT2D eigenvalue weighted by atomic mass is 9.91. The second-order valence-electron chi connectivity index (χ2n) is 12.4. The van der Waals surface area contributed by atoms with Crippen molar-refractivity contribution in [3.63, 3.8) is 0 Å². The highest BCUT2D eigenvalue weighted by atomic mass is 16.3. The van der Waals surface area contributed by atoms with E-state index in [0.717, 1.165) is 82.8 Å². The zero-order valence-corrected chi connectivity index (χ0v) is 26.7. The number of furan rings is 2. The van der Waals surface area contributed by atoms with Gasteiger partial charge in [0.05, 0.1) is 0 Å². The minimum atomic E-state index is 0.594. The molecule has 7 aromatic carbocycles. The number of hydrogen-bond donors (Lipinski definition) is 0. The van der Waals surface area contributed by atoms with Crippen LogP contribution in [0.3, 0.4) is 0 Å². The first-order chi connectivity index (χ1) is 24.8. The van der Waals surface area contributed by atoms with Crippen LogP contribution in [0.2, 0.25) is 0 Å². The van der Waals surface area contributed by atoms with E-state index in [2.05, 4.69) is 66.7 Å². The van der Waals surface area contributed by atoms with Crippen LogP contribution in [-0.4, -0.2) is 15.0 Å². The van der Waals surface area contributed by atoms with Crippen molar-refractivity contribution in [3.8, 4) is 56.4 Å². The van der Waals surface area contributed by atoms with Crippen molar-refractivity contribution in [3.05, 3.63) is 164 Å². The maximum absolute atomic E-state index is 6.35. The summed E-state index contributed by atoms with van der Waals surface area (Å²) in [5.74, 6) is 1.83. The molecule has 0 atom stereocenters. The third-order valence-electron chi connectivity index (χ3n) is 9.36. The smallest absolute Gasteiger partial charge is 0.164 e. The van der Waals surface area contributed by atoms with E-state index < -0.39 is 0 Å². The summed E-state index contributed by atoms with van der Waals surface area (Å²) in [5.41, 5.74) is 10.3. The molecular formula is C45H27N3O2. The number of benzene rings is 7. The molecule has 0 saturated heterocycles. The molecule has 0 N–H and O–H groups in total. The normalized spacial score (nSPS) is 11.6. The molecule has 10 rings (SSSR count). The van der Waals surface area contributed by atoms with E-state index in [9.17, 15) is 0 Å². The number of nitrogens with zero attached hydrogens (tertiary/aromatic N) is 3. The molecule has 0 saturated carbocycles. The van der Waals surface area contributed by atoms with Gasteiger partial charge in [-0.1, -0.05) is 121 Å². The summed E-state index contributed by atoms with van der Waals surface area (Å²) in [5, 5.41) is 4.32. The summed E-state index contributed by atoms with van der Waals surface area (Å²) in [6, 6.07) is 55.7. The molecule has 3 heterocycles. The van der Waals surface area contributed by atoms with Crippen molar-refractivity contribution in [2.75, 3.05) is 0 Å². The van der Waals surface area contributed by atoms with Gasteiger partial charge in [0.2, 0.25) is 0 Å². The fraction of sp³-hybridized carbons (Fsp3) is 0. The summed E-state index contributed by atoms with van der Waals surface area (Å²) in [4.78, 5) is 15.2. The van der Waals surface area contributed by atoms with Crippen molar-refractivity contribution in [1.82, 2.24) is 15.0 Å². The molecular weight excluding hydrogens is 615 g/mol. The zero-order chi connectivity index (χ0) is 33.0. The van der Waals surface area contributed by atoms with Gasteiger partial charge < -0.3 is 8.83 Å². The molecule has 3 aromatic heterocycles. The molecule has 5 heteroatoms. The van der Waals surface area contributed by atoms with E-state index in [0.29, 0.717) is 17.5 Å². The highest BCUT2D eigenvalue weighted by molar-refractivity contribution is 6.14. The van der Waals surface area contributed by atoms with E-state index >= 15 is 0 Å². The van der Waals surface area contributed by atoms with Crippen LogP contribution in [0.15, 0.2) is 173 Å². The molecule has 10 aromatic rings. The molecule has 50 heavy (non-hydrogen) atoms. The fourth-order valence-corrected chi connectivity index (χ4v) is 6.98. The molecule has 0 radical (unpaired) electrons. The number of para-hydroxylation sites is 2. The predicted molar refractivity (Wildman–Crippen MR) is 202 cm³/mol. The SMILES string of the molecule is c1ccc(-c2nc(-c3ccccc3)nc(-c3ccc(-c4ccc5c(c4)oc4ccccc45)cc3-c3cccc4oc5ccccc5c34)n2)cc1. The third kappa shape index (κ3) is 4.67. The molecule has 0 aliphatic carbocycles. The average Bonchev–Trinajstić information content (AvgIpc) is 3.76. The Balaban J connectivity index is 1.24. The minimum absolute atomic E-state index is 0.594. The number of aromatic nitrogens is 3. The Kier molecular flexibility index (Phi) is 6.42. The number of rotatable bonds is 5. The van der Waals surface area contributed by atoms with Crippen molar-refractivity contribution in [1.29, 1.82) is 0 Å². The third-order valence-corrected chi connectivity index (χ3v) is 9.36. The van der Waals surface area contributed by atoms with Gasteiger partial charge in [0.15, 0.2) is 17.5 Å². The highest BCUT2D eigenvalue weighted by Crippen LogP contribution is 2.42. The Labute approximate surface area is 287 Å². The molecule has 0 aliphatic heterocycles. The lowest BCUT2D eigenvalue weighted by Crippen LogP contribution is -2.01. The first-order valence-corrected chi connectivity index (χ1v) is 16.6. The standard InChI is InChI=1S/C45H27N3O2/c1-3-12-28(13-4-1)43-46-44(29-14-5-2-6-15-29)48-45(47-43)35-25-23-30(31-22-24-33-32-16-7-9-19-38(32)50-41(33)27-31)26-37(35)34-18-11-21-40-42(34)36-17-8-10-20-39(36)49-40/h1-27H. The van der Waals surface area contributed by atoms with E-state index in [-0.39, 0.29) is 0 Å². The van der Waals surface area contributed by atoms with Crippen LogP contribution in [0, 0.1) is 0 Å². The van der Waals surface area contributed by atoms with Crippen molar-refractivity contribution in [2.45, 2.75) is 0 Å². The Morgan fingerprint density at radius 2 is 0.840 bits per heavy atom. The van der Waals surface area contributed by atoms with Crippen LogP contribution in [0.4, 0.5) is 0 Å². The molecule has 234 valence electrons. The quantitative estimate of drug-likeness (QED) is 0.187. The van der Waals surface area contributed by atoms with Crippen LogP contribution < -0.4 is 0 Å². The topological polar surface area (TPSA) is 65.0 Å². The number of fused-ring (bicyclic) bond motifs is 6. The van der Waals surface area contributed by atoms with Gasteiger partial charge in [-0.25, -0.2) is 15.0 Å². The first kappa shape index (κ1) is 28.2. The van der Waals surface area contributed by atoms with Gasteiger partial charge in [0.25, 0.3) is 0 Å². The molecule has 0 aliphatic rings. The van der Waals surface area contributed by atoms with Gasteiger partial charge >= 0.3 is 0 Å². The highest BCUT2D eigenvalue weighted by Gasteiger charge is 2.20. The summed E-state index contributed by atoms with van der Waals surface area (Å²) < 4.78 is 12.6. The average molecular weight is 642 g/mol. The second-order valence-corrected chi connectivity index (χ2v) is 12.4. The molecule has 0 amide bonds. The summed E-state index contributed by atoms with van der Waals surface area (Å²) in [6.07, 6.45) is 0. The van der Waals surface area contributed by atoms with Gasteiger partial charge in [-0.15, -0.1) is 0 Å². The van der Waals surface area contributed by atoms with Gasteiger partial charge in [-0.05, 0) is 64.7 Å². The maximum Gasteiger partial charge on any atom is 0.164 e. The van der Waals surface area contributed by atoms with Crippen LogP contribution in [-0.2, 0) is 0 Å². The molecule has 5 nitrogen and oxygen atoms in total. The van der Waals surface area contributed by atoms with Crippen molar-refractivity contribution in [2.24, 2.45) is 0 Å². The van der Waals surface area contributed by atoms with E-state index in [1.165, 1.54) is 0 Å². The lowest BCUT2D eigenvalue weighted by molar-refractivity contribution is 0.668. The maximum atomic E-state index is 6.35. The monoisotopic (exact) mass is 641 g/mol. The van der Waals surface area contributed by atoms with Crippen LogP contribution in [0.25, 0.3) is 100 Å². The van der Waals surface area contributed by atoms with E-state index in [4.69, 9.17) is 23.8 Å². The van der Waals surface area contributed by atoms with Crippen molar-refractivity contribution >= 4 is 43.9 Å². The van der Waals surface area contributed by atoms with Crippen molar-refractivity contribution < 1.29 is 8.83 Å². The van der Waals surface area contributed by atoms with E-state index in [1.807, 2.05) is 97.1 Å². The summed E-state index contributed by atoms with van der Waals surface area (Å²) >= 11 is 0. The Bertz CT molecular complexity index is 2810. The zero-order valence-electron chi connectivity index (χ0n) is 26.7. The van der Waals surface area contributed by atoms with Gasteiger partial charge in [0, 0.05) is 38.2 Å². The second kappa shape index (κ2) is 11.4. The van der Waals surface area contributed by atoms with Crippen LogP contribution in [0.5, 0.6) is 0 Å². The summed E-state index contributed by atoms with van der Waals surface area (Å²) in [7, 11) is 0. The Morgan fingerprint density at radius 1 is 0.300 bits per heavy atom. The minimum Gasteiger partial charge on any atom is -0.456 e. The van der Waals surface area contributed by atoms with Gasteiger partial charge in [0.1, 0.15) is 22.3 Å². The molecule has 0 unspecified atom stereocenters. The Morgan fingerprint density at radius 3 is 1.58 bits per heavy atom. The lowest BCUT2D eigenvalue weighted by Gasteiger charge is -2.15. The van der Waals surface area contributed by atoms with Gasteiger partial charge in [-0.3, -0.25) is 0 Å². The predicted octanol–water partition coefficient (Wildman–Crippen LogP) is 12.0. The molecule has 0 bridgehead atoms. The number of hydrogen-bond acceptors (Lipinski definition) is 5. The first-order valence-electron chi connectivity index (χ1n) is 16.6. The van der Waals surface area contributed by atoms with E-state index in [1.54, 1.807) is 0 Å². The fourth-order valence-electron chi connectivity index (χ4n) is 6.98. The van der Waals surface area contributed by atoms with Gasteiger partial charge in [-0.2, -0.15) is 0 Å². The summed E-state index contributed by atoms with van der Waals surface area (Å²) in [6.45, 7) is 0. The largest absolute Gasteiger partial charge is 0.456 e. The van der Waals surface area contributed by atoms with Crippen LogP contribution >= 0.6 is 0 Å². The molecule has 0 spiro atoms.